The molecule has 3 heterocycles. The maximum atomic E-state index is 13.7. The molecular formula is C27H29ClN4O2S. The molecule has 6 nitrogen and oxygen atoms in total. The van der Waals surface area contributed by atoms with E-state index in [0.717, 1.165) is 49.1 Å². The molecule has 1 saturated heterocycles. The van der Waals surface area contributed by atoms with E-state index in [1.165, 1.54) is 5.56 Å². The normalized spacial score (nSPS) is 22.9. The fourth-order valence-electron chi connectivity index (χ4n) is 5.32. The van der Waals surface area contributed by atoms with Crippen LogP contribution in [0.2, 0.25) is 5.02 Å². The van der Waals surface area contributed by atoms with Gasteiger partial charge in [-0.2, -0.15) is 5.26 Å². The molecule has 5 rings (SSSR count). The molecule has 2 aliphatic heterocycles. The van der Waals surface area contributed by atoms with Gasteiger partial charge in [0.05, 0.1) is 30.8 Å². The summed E-state index contributed by atoms with van der Waals surface area (Å²) in [6.45, 7) is 8.35. The number of ether oxygens (including phenoxy) is 1. The second kappa shape index (κ2) is 9.44. The first-order valence-corrected chi connectivity index (χ1v) is 13.1. The molecule has 1 aromatic heterocycles. The topological polar surface area (TPSA) is 82.6 Å². The summed E-state index contributed by atoms with van der Waals surface area (Å²) in [6, 6.07) is 11.9. The maximum absolute atomic E-state index is 13.7. The Balaban J connectivity index is 1.60. The largest absolute Gasteiger partial charge is 0.384 e. The van der Waals surface area contributed by atoms with Crippen LogP contribution in [0.4, 0.5) is 5.69 Å². The average Bonchev–Trinajstić information content (AvgIpc) is 3.27. The van der Waals surface area contributed by atoms with E-state index in [1.54, 1.807) is 23.5 Å². The zero-order valence-corrected chi connectivity index (χ0v) is 21.6. The standard InChI is InChI=1S/C27H29ClN4O2S/c1-27(2)12-21-25(22(33)13-27)24(23-11-17(16-35-23)15-31-7-9-34-10-8-31)20(14-29)26(30)32(21)19-5-3-18(28)4-6-19/h3-6,11,16,24H,7-10,12-13,15,30H2,1-2H3/t24-/m0/s1. The molecule has 2 aromatic rings. The minimum atomic E-state index is -0.439. The fourth-order valence-corrected chi connectivity index (χ4v) is 6.47. The van der Waals surface area contributed by atoms with Crippen LogP contribution in [-0.2, 0) is 16.1 Å². The summed E-state index contributed by atoms with van der Waals surface area (Å²) in [5.41, 5.74) is 10.5. The van der Waals surface area contributed by atoms with Gasteiger partial charge in [0.2, 0.25) is 0 Å². The molecular weight excluding hydrogens is 480 g/mol. The van der Waals surface area contributed by atoms with Gasteiger partial charge in [0.15, 0.2) is 5.78 Å². The van der Waals surface area contributed by atoms with Gasteiger partial charge in [0.25, 0.3) is 0 Å². The van der Waals surface area contributed by atoms with E-state index in [2.05, 4.69) is 36.3 Å². The second-order valence-corrected chi connectivity index (χ2v) is 11.6. The summed E-state index contributed by atoms with van der Waals surface area (Å²) >= 11 is 7.74. The number of nitriles is 1. The monoisotopic (exact) mass is 508 g/mol. The number of benzene rings is 1. The molecule has 1 aromatic carbocycles. The van der Waals surface area contributed by atoms with E-state index in [4.69, 9.17) is 22.1 Å². The lowest BCUT2D eigenvalue weighted by Gasteiger charge is -2.43. The highest BCUT2D eigenvalue weighted by Crippen LogP contribution is 2.51. The third-order valence-electron chi connectivity index (χ3n) is 6.93. The number of morpholine rings is 1. The number of hydrogen-bond acceptors (Lipinski definition) is 7. The zero-order valence-electron chi connectivity index (χ0n) is 20.0. The number of allylic oxidation sites excluding steroid dienone is 3. The molecule has 0 spiro atoms. The van der Waals surface area contributed by atoms with Gasteiger partial charge < -0.3 is 10.5 Å². The van der Waals surface area contributed by atoms with Crippen molar-refractivity contribution in [2.45, 2.75) is 39.2 Å². The average molecular weight is 509 g/mol. The van der Waals surface area contributed by atoms with Crippen LogP contribution in [-0.4, -0.2) is 37.0 Å². The van der Waals surface area contributed by atoms with Crippen LogP contribution in [0.1, 0.15) is 43.0 Å². The molecule has 2 N–H and O–H groups in total. The van der Waals surface area contributed by atoms with Gasteiger partial charge in [0.1, 0.15) is 5.82 Å². The second-order valence-electron chi connectivity index (χ2n) is 10.2. The first-order valence-electron chi connectivity index (χ1n) is 11.9. The molecule has 1 fully saturated rings. The van der Waals surface area contributed by atoms with Crippen molar-refractivity contribution in [2.75, 3.05) is 31.2 Å². The molecule has 35 heavy (non-hydrogen) atoms. The van der Waals surface area contributed by atoms with Crippen molar-refractivity contribution in [3.63, 3.8) is 0 Å². The van der Waals surface area contributed by atoms with Crippen molar-refractivity contribution in [1.29, 1.82) is 5.26 Å². The van der Waals surface area contributed by atoms with Crippen molar-refractivity contribution in [2.24, 2.45) is 11.1 Å². The highest BCUT2D eigenvalue weighted by atomic mass is 35.5. The molecule has 0 saturated carbocycles. The van der Waals surface area contributed by atoms with E-state index in [1.807, 2.05) is 17.0 Å². The SMILES string of the molecule is CC1(C)CC(=O)C2=C(C1)N(c1ccc(Cl)cc1)C(N)=C(C#N)[C@H]2c1cc(CN2CCOCC2)cs1. The number of ketones is 1. The van der Waals surface area contributed by atoms with E-state index in [9.17, 15) is 10.1 Å². The fraction of sp³-hybridized carbons (Fsp3) is 0.407. The molecule has 182 valence electrons. The Labute approximate surface area is 215 Å². The highest BCUT2D eigenvalue weighted by molar-refractivity contribution is 7.10. The maximum Gasteiger partial charge on any atom is 0.162 e. The summed E-state index contributed by atoms with van der Waals surface area (Å²) in [7, 11) is 0. The first kappa shape index (κ1) is 24.1. The minimum absolute atomic E-state index is 0.0867. The molecule has 8 heteroatoms. The van der Waals surface area contributed by atoms with Crippen LogP contribution in [0.5, 0.6) is 0 Å². The molecule has 0 amide bonds. The van der Waals surface area contributed by atoms with E-state index in [-0.39, 0.29) is 11.2 Å². The van der Waals surface area contributed by atoms with Gasteiger partial charge in [-0.3, -0.25) is 14.6 Å². The molecule has 3 aliphatic rings. The van der Waals surface area contributed by atoms with Gasteiger partial charge in [-0.25, -0.2) is 0 Å². The van der Waals surface area contributed by atoms with Gasteiger partial charge in [-0.05, 0) is 53.1 Å². The Morgan fingerprint density at radius 3 is 2.63 bits per heavy atom. The summed E-state index contributed by atoms with van der Waals surface area (Å²) in [6.07, 6.45) is 1.14. The number of hydrogen-bond donors (Lipinski definition) is 1. The molecule has 1 aliphatic carbocycles. The Morgan fingerprint density at radius 2 is 1.94 bits per heavy atom. The predicted octanol–water partition coefficient (Wildman–Crippen LogP) is 5.17. The number of carbonyl (C=O) groups is 1. The van der Waals surface area contributed by atoms with Gasteiger partial charge in [-0.15, -0.1) is 11.3 Å². The van der Waals surface area contributed by atoms with E-state index >= 15 is 0 Å². The van der Waals surface area contributed by atoms with Crippen molar-refractivity contribution in [3.8, 4) is 6.07 Å². The minimum Gasteiger partial charge on any atom is -0.384 e. The van der Waals surface area contributed by atoms with Crippen LogP contribution in [0.3, 0.4) is 0 Å². The quantitative estimate of drug-likeness (QED) is 0.613. The summed E-state index contributed by atoms with van der Waals surface area (Å²) < 4.78 is 5.47. The number of halogens is 1. The molecule has 0 radical (unpaired) electrons. The third kappa shape index (κ3) is 4.64. The Bertz CT molecular complexity index is 1250. The smallest absolute Gasteiger partial charge is 0.162 e. The van der Waals surface area contributed by atoms with Crippen LogP contribution >= 0.6 is 22.9 Å². The summed E-state index contributed by atoms with van der Waals surface area (Å²) in [4.78, 5) is 18.9. The third-order valence-corrected chi connectivity index (χ3v) is 8.23. The molecule has 1 atom stereocenters. The van der Waals surface area contributed by atoms with E-state index < -0.39 is 5.92 Å². The summed E-state index contributed by atoms with van der Waals surface area (Å²) in [5.74, 6) is 0.0291. The van der Waals surface area contributed by atoms with Crippen LogP contribution in [0.15, 0.2) is 58.4 Å². The van der Waals surface area contributed by atoms with Gasteiger partial charge in [-0.1, -0.05) is 25.4 Å². The summed E-state index contributed by atoms with van der Waals surface area (Å²) in [5, 5.41) is 13.0. The first-order chi connectivity index (χ1) is 16.8. The Kier molecular flexibility index (Phi) is 6.49. The van der Waals surface area contributed by atoms with Crippen molar-refractivity contribution in [1.82, 2.24) is 4.90 Å². The molecule has 0 bridgehead atoms. The van der Waals surface area contributed by atoms with Crippen LogP contribution < -0.4 is 10.6 Å². The number of rotatable bonds is 4. The van der Waals surface area contributed by atoms with Gasteiger partial charge in [0, 0.05) is 52.9 Å². The number of thiophene rings is 1. The Morgan fingerprint density at radius 1 is 1.23 bits per heavy atom. The number of carbonyl (C=O) groups excluding carboxylic acids is 1. The number of nitrogens with zero attached hydrogens (tertiary/aromatic N) is 3. The number of Topliss-reactive ketones (excluding diaryl/α,β-unsaturated/α-hetero) is 1. The predicted molar refractivity (Wildman–Crippen MR) is 139 cm³/mol. The van der Waals surface area contributed by atoms with E-state index in [0.29, 0.717) is 34.8 Å². The zero-order chi connectivity index (χ0) is 24.7. The lowest BCUT2D eigenvalue weighted by Crippen LogP contribution is -2.42. The number of nitrogens with two attached hydrogens (primary N) is 1. The van der Waals surface area contributed by atoms with Crippen molar-refractivity contribution < 1.29 is 9.53 Å². The number of anilines is 1. The highest BCUT2D eigenvalue weighted by Gasteiger charge is 2.45. The van der Waals surface area contributed by atoms with Crippen molar-refractivity contribution >= 4 is 34.4 Å². The lowest BCUT2D eigenvalue weighted by atomic mass is 9.69. The van der Waals surface area contributed by atoms with Crippen LogP contribution in [0, 0.1) is 16.7 Å². The van der Waals surface area contributed by atoms with Crippen LogP contribution in [0.25, 0.3) is 0 Å². The molecule has 0 unspecified atom stereocenters. The lowest BCUT2D eigenvalue weighted by molar-refractivity contribution is -0.118. The Hall–Kier alpha value is -2.63. The van der Waals surface area contributed by atoms with Crippen molar-refractivity contribution in [3.05, 3.63) is 73.8 Å². The van der Waals surface area contributed by atoms with Gasteiger partial charge >= 0.3 is 0 Å².